The number of azo groups is 3. The van der Waals surface area contributed by atoms with Crippen LogP contribution in [0.25, 0.3) is 37.7 Å². The number of hydrogen-bond donors (Lipinski definition) is 4. The molecule has 0 fully saturated rings. The molecule has 0 atom stereocenters. The van der Waals surface area contributed by atoms with E-state index in [-0.39, 0.29) is 86.2 Å². The number of thioether (sulfide) groups is 1. The zero-order chi connectivity index (χ0) is 58.1. The summed E-state index contributed by atoms with van der Waals surface area (Å²) in [4.78, 5) is 9.00. The Hall–Kier alpha value is -7.30. The van der Waals surface area contributed by atoms with Crippen LogP contribution in [0.3, 0.4) is 0 Å². The van der Waals surface area contributed by atoms with Gasteiger partial charge in [0.1, 0.15) is 33.5 Å². The van der Waals surface area contributed by atoms with Crippen molar-refractivity contribution in [2.75, 3.05) is 23.9 Å². The third-order valence-electron chi connectivity index (χ3n) is 10.7. The van der Waals surface area contributed by atoms with Crippen molar-refractivity contribution in [1.29, 1.82) is 5.26 Å². The van der Waals surface area contributed by atoms with Crippen molar-refractivity contribution < 1.29 is 74.0 Å². The van der Waals surface area contributed by atoms with E-state index in [0.29, 0.717) is 58.9 Å². The van der Waals surface area contributed by atoms with Crippen molar-refractivity contribution in [2.45, 2.75) is 43.4 Å². The van der Waals surface area contributed by atoms with Gasteiger partial charge in [-0.1, -0.05) is 47.2 Å². The van der Waals surface area contributed by atoms with Crippen LogP contribution in [0.5, 0.6) is 11.6 Å². The van der Waals surface area contributed by atoms with Gasteiger partial charge in [-0.3, -0.25) is 18.1 Å². The molecule has 3 heterocycles. The van der Waals surface area contributed by atoms with Crippen LogP contribution in [-0.4, -0.2) is 108 Å². The fourth-order valence-corrected chi connectivity index (χ4v) is 11.2. The predicted molar refractivity (Wildman–Crippen MR) is 288 cm³/mol. The number of thiazole rings is 1. The van der Waals surface area contributed by atoms with Gasteiger partial charge in [0.05, 0.1) is 50.9 Å². The molecular formula is C44H37ClN10O17S7. The molecule has 8 rings (SSSR count). The highest BCUT2D eigenvalue weighted by Crippen LogP contribution is 2.44. The van der Waals surface area contributed by atoms with Crippen LogP contribution in [0.2, 0.25) is 5.02 Å². The number of rotatable bonds is 17. The topological polar surface area (TPSA) is 423 Å². The Kier molecular flexibility index (Phi) is 19.8. The van der Waals surface area contributed by atoms with Crippen LogP contribution in [-0.2, 0) is 51.6 Å². The monoisotopic (exact) mass is 1240 g/mol. The second kappa shape index (κ2) is 25.7. The Balaban J connectivity index is 0.00000118. The molecule has 79 heavy (non-hydrogen) atoms. The summed E-state index contributed by atoms with van der Waals surface area (Å²) in [6.45, 7) is 4.81. The molecule has 0 aliphatic carbocycles. The first-order valence-corrected chi connectivity index (χ1v) is 30.7. The minimum atomic E-state index is -4.66. The van der Waals surface area contributed by atoms with Crippen molar-refractivity contribution in [2.24, 2.45) is 30.7 Å². The van der Waals surface area contributed by atoms with E-state index in [0.717, 1.165) is 11.3 Å². The third kappa shape index (κ3) is 16.2. The van der Waals surface area contributed by atoms with Crippen molar-refractivity contribution in [1.82, 2.24) is 14.4 Å². The number of nitriles is 1. The molecule has 0 radical (unpaired) electrons. The van der Waals surface area contributed by atoms with Gasteiger partial charge in [-0.05, 0) is 98.3 Å². The highest BCUT2D eigenvalue weighted by atomic mass is 35.5. The van der Waals surface area contributed by atoms with E-state index in [1.54, 1.807) is 81.4 Å². The zero-order valence-electron chi connectivity index (χ0n) is 40.5. The van der Waals surface area contributed by atoms with Crippen LogP contribution in [0.4, 0.5) is 33.6 Å². The summed E-state index contributed by atoms with van der Waals surface area (Å²) >= 11 is 8.46. The third-order valence-corrected chi connectivity index (χ3v) is 15.5. The maximum Gasteiger partial charge on any atom is 0.425 e. The van der Waals surface area contributed by atoms with Crippen molar-refractivity contribution >= 4 is 158 Å². The molecule has 0 aliphatic rings. The summed E-state index contributed by atoms with van der Waals surface area (Å²) in [6, 6.07) is 21.7. The second-order valence-corrected chi connectivity index (χ2v) is 24.0. The number of aromatic nitrogens is 3. The van der Waals surface area contributed by atoms with Gasteiger partial charge in [-0.15, -0.1) is 62.6 Å². The molecule has 0 saturated carbocycles. The lowest BCUT2D eigenvalue weighted by molar-refractivity contribution is 0.317. The number of halogens is 1. The van der Waals surface area contributed by atoms with E-state index < -0.39 is 63.1 Å². The normalized spacial score (nSPS) is 12.1. The number of pyridine rings is 1. The fourth-order valence-electron chi connectivity index (χ4n) is 7.27. The lowest BCUT2D eigenvalue weighted by Gasteiger charge is -2.12. The number of imidazole rings is 1. The van der Waals surface area contributed by atoms with Crippen molar-refractivity contribution in [3.63, 3.8) is 0 Å². The average Bonchev–Trinajstić information content (AvgIpc) is 3.96. The predicted octanol–water partition coefficient (Wildman–Crippen LogP) is 9.92. The van der Waals surface area contributed by atoms with Crippen LogP contribution < -0.4 is 4.74 Å². The maximum absolute atomic E-state index is 12.4. The van der Waals surface area contributed by atoms with E-state index >= 15 is 0 Å². The number of aryl methyl sites for hydroxylation is 2. The van der Waals surface area contributed by atoms with E-state index in [2.05, 4.69) is 46.7 Å². The fraction of sp³-hybridized carbons (Fsp3) is 0.205. The first kappa shape index (κ1) is 60.9. The Morgan fingerprint density at radius 3 is 1.99 bits per heavy atom. The highest BCUT2D eigenvalue weighted by molar-refractivity contribution is 7.99. The van der Waals surface area contributed by atoms with Gasteiger partial charge in [0, 0.05) is 26.9 Å². The van der Waals surface area contributed by atoms with E-state index in [1.807, 2.05) is 0 Å². The molecule has 0 saturated heterocycles. The van der Waals surface area contributed by atoms with Crippen LogP contribution in [0.1, 0.15) is 35.1 Å². The van der Waals surface area contributed by atoms with Crippen LogP contribution >= 0.6 is 34.7 Å². The Bertz CT molecular complexity index is 4440. The van der Waals surface area contributed by atoms with Gasteiger partial charge in [-0.25, -0.2) is 9.97 Å². The molecule has 0 unspecified atom stereocenters. The number of benzene rings is 5. The molecule has 4 N–H and O–H groups in total. The second-order valence-electron chi connectivity index (χ2n) is 16.1. The van der Waals surface area contributed by atoms with E-state index in [4.69, 9.17) is 41.6 Å². The van der Waals surface area contributed by atoms with Gasteiger partial charge in [-0.2, -0.15) is 35.6 Å². The Labute approximate surface area is 463 Å². The minimum absolute atomic E-state index is 0.0297. The number of aromatic hydroxyl groups is 1. The lowest BCUT2D eigenvalue weighted by atomic mass is 10.1. The molecule has 0 bridgehead atoms. The summed E-state index contributed by atoms with van der Waals surface area (Å²) in [5.74, 6) is -1.18. The summed E-state index contributed by atoms with van der Waals surface area (Å²) in [6.07, 6.45) is -0.0344. The van der Waals surface area contributed by atoms with Gasteiger partial charge < -0.3 is 9.84 Å². The number of ether oxygens (including phenoxy) is 1. The summed E-state index contributed by atoms with van der Waals surface area (Å²) in [5.41, 5.74) is 3.55. The molecule has 0 amide bonds. The summed E-state index contributed by atoms with van der Waals surface area (Å²) in [5, 5.41) is 50.0. The van der Waals surface area contributed by atoms with Gasteiger partial charge in [0.2, 0.25) is 11.0 Å². The standard InChI is InChI=1S/C44H37ClN10O11S5.2O3S/c1-23-16-33(51-53-39-25(3)29(22-46)42-47-32-19-27(45)10-11-35(32)55(42)43(39)56)36(66-12-6-14-69(57,58)59)20-30(23)49-52-34-17-24(2)31(21-37(34)67-13-7-15-70(60,61)62)50-54-44-48-40-38(71(63,64)65)18-26-8-4-5-9-28(26)41(40)68-44;2*1-4(2)3/h4-5,8-11,16-21,56H,6-7,12-15H2,1-3H3,(H,57,58,59)(H,60,61,62)(H,63,64,65);;. The largest absolute Gasteiger partial charge is 0.493 e. The average molecular weight is 1240 g/mol. The van der Waals surface area contributed by atoms with Gasteiger partial charge in [0.25, 0.3) is 30.4 Å². The molecule has 414 valence electrons. The number of nitrogens with zero attached hydrogens (tertiary/aromatic N) is 10. The SMILES string of the molecule is Cc1cc(N=Nc2cc(OCCCS(=O)(=O)O)c(N=Nc3c(C)c(C#N)c4nc5cc(Cl)ccc5n4c3O)cc2C)c(SCCCS(=O)(=O)O)cc1N=Nc1nc2c(S(=O)(=O)O)cc3ccccc3c2s1.O=S(=O)=O.O=S(=O)=O. The van der Waals surface area contributed by atoms with Crippen molar-refractivity contribution in [3.8, 4) is 17.7 Å². The molecule has 0 aliphatic heterocycles. The smallest absolute Gasteiger partial charge is 0.425 e. The number of hydrogen-bond acceptors (Lipinski definition) is 25. The van der Waals surface area contributed by atoms with Gasteiger partial charge in [0.15, 0.2) is 11.3 Å². The van der Waals surface area contributed by atoms with E-state index in [1.165, 1.54) is 28.3 Å². The van der Waals surface area contributed by atoms with Crippen molar-refractivity contribution in [3.05, 3.63) is 100 Å². The highest BCUT2D eigenvalue weighted by Gasteiger charge is 2.23. The molecule has 35 heteroatoms. The maximum atomic E-state index is 12.4. The Morgan fingerprint density at radius 1 is 0.747 bits per heavy atom. The minimum Gasteiger partial charge on any atom is -0.493 e. The molecule has 0 spiro atoms. The molecule has 3 aromatic heterocycles. The summed E-state index contributed by atoms with van der Waals surface area (Å²) in [7, 11) is -19.4. The molecule has 8 aromatic rings. The number of fused-ring (bicyclic) bond motifs is 6. The first-order valence-electron chi connectivity index (χ1n) is 21.8. The van der Waals surface area contributed by atoms with Gasteiger partial charge >= 0.3 is 21.2 Å². The molecule has 27 nitrogen and oxygen atoms in total. The first-order chi connectivity index (χ1) is 37.0. The quantitative estimate of drug-likeness (QED) is 0.0285. The lowest BCUT2D eigenvalue weighted by Crippen LogP contribution is -2.08. The van der Waals surface area contributed by atoms with Crippen LogP contribution in [0, 0.1) is 32.1 Å². The molecule has 5 aromatic carbocycles. The Morgan fingerprint density at radius 2 is 1.34 bits per heavy atom. The van der Waals surface area contributed by atoms with Crippen LogP contribution in [0.15, 0.2) is 113 Å². The zero-order valence-corrected chi connectivity index (χ0v) is 46.9. The summed E-state index contributed by atoms with van der Waals surface area (Å²) < 4.78 is 158. The van der Waals surface area contributed by atoms with E-state index in [9.17, 15) is 49.3 Å². The molecular weight excluding hydrogens is 1200 g/mol.